The summed E-state index contributed by atoms with van der Waals surface area (Å²) in [6.45, 7) is 8.93. The van der Waals surface area contributed by atoms with E-state index in [1.54, 1.807) is 6.92 Å². The first kappa shape index (κ1) is 39.8. The van der Waals surface area contributed by atoms with Crippen LogP contribution in [0, 0.1) is 0 Å². The van der Waals surface area contributed by atoms with Crippen molar-refractivity contribution in [3.05, 3.63) is 0 Å². The van der Waals surface area contributed by atoms with Crippen molar-refractivity contribution in [1.82, 2.24) is 5.32 Å². The van der Waals surface area contributed by atoms with E-state index in [9.17, 15) is 29.7 Å². The number of aliphatic hydroxyl groups is 3. The second kappa shape index (κ2) is 23.3. The lowest BCUT2D eigenvalue weighted by molar-refractivity contribution is -0.293. The van der Waals surface area contributed by atoms with E-state index in [-0.39, 0.29) is 25.4 Å². The molecule has 0 radical (unpaired) electrons. The van der Waals surface area contributed by atoms with Gasteiger partial charge in [-0.05, 0) is 32.1 Å². The van der Waals surface area contributed by atoms with Crippen molar-refractivity contribution >= 4 is 30.6 Å². The summed E-state index contributed by atoms with van der Waals surface area (Å²) in [4.78, 5) is 33.6. The Bertz CT molecular complexity index is 660. The van der Waals surface area contributed by atoms with Gasteiger partial charge in [0, 0.05) is 12.8 Å². The number of carbonyl (C=O) groups is 3. The Balaban J connectivity index is 0. The number of halogens is 1. The van der Waals surface area contributed by atoms with Gasteiger partial charge in [0.1, 0.15) is 49.5 Å². The van der Waals surface area contributed by atoms with Crippen molar-refractivity contribution in [3.63, 3.8) is 0 Å². The van der Waals surface area contributed by atoms with Crippen LogP contribution in [0.5, 0.6) is 0 Å². The number of nitrogens with one attached hydrogen (secondary N) is 1. The highest BCUT2D eigenvalue weighted by atomic mass is 35.5. The molecule has 1 aliphatic rings. The molecule has 0 bridgehead atoms. The average molecular weight is 587 g/mol. The van der Waals surface area contributed by atoms with Crippen LogP contribution >= 0.6 is 12.4 Å². The monoisotopic (exact) mass is 586 g/mol. The van der Waals surface area contributed by atoms with Crippen molar-refractivity contribution in [2.24, 2.45) is 5.73 Å². The summed E-state index contributed by atoms with van der Waals surface area (Å²) in [7, 11) is 0. The number of carbonyl (C=O) groups excluding carboxylic acids is 3. The molecule has 6 N–H and O–H groups in total. The molecule has 0 aromatic heterocycles. The maximum atomic E-state index is 12.2. The predicted molar refractivity (Wildman–Crippen MR) is 147 cm³/mol. The molecule has 1 fully saturated rings. The summed E-state index contributed by atoms with van der Waals surface area (Å²) in [5, 5.41) is 34.5. The third kappa shape index (κ3) is 15.9. The van der Waals surface area contributed by atoms with Gasteiger partial charge < -0.3 is 44.8 Å². The van der Waals surface area contributed by atoms with Crippen molar-refractivity contribution in [2.75, 3.05) is 6.61 Å². The molecule has 0 aromatic carbocycles. The molecular formula is C26H51ClN2O10. The Kier molecular flexibility index (Phi) is 23.8. The molecule has 1 aliphatic heterocycles. The molecule has 8 atom stereocenters. The minimum Gasteiger partial charge on any atom is -0.462 e. The third-order valence-electron chi connectivity index (χ3n) is 5.71. The van der Waals surface area contributed by atoms with Crippen LogP contribution in [0.1, 0.15) is 92.4 Å². The zero-order valence-electron chi connectivity index (χ0n) is 24.0. The van der Waals surface area contributed by atoms with Gasteiger partial charge in [-0.1, -0.05) is 47.5 Å². The average Bonchev–Trinajstić information content (AvgIpc) is 2.87. The molecule has 0 aliphatic carbocycles. The van der Waals surface area contributed by atoms with E-state index in [0.29, 0.717) is 44.9 Å². The Morgan fingerprint density at radius 2 is 1.69 bits per heavy atom. The molecule has 0 amide bonds. The molecule has 12 nitrogen and oxygen atoms in total. The summed E-state index contributed by atoms with van der Waals surface area (Å²) < 4.78 is 22.2. The van der Waals surface area contributed by atoms with Crippen LogP contribution in [0.2, 0.25) is 0 Å². The van der Waals surface area contributed by atoms with Crippen LogP contribution in [0.25, 0.3) is 0 Å². The third-order valence-corrected chi connectivity index (χ3v) is 5.71. The van der Waals surface area contributed by atoms with Gasteiger partial charge in [-0.25, -0.2) is 0 Å². The molecule has 0 saturated carbocycles. The van der Waals surface area contributed by atoms with Gasteiger partial charge in [0.15, 0.2) is 6.29 Å². The highest BCUT2D eigenvalue weighted by Gasteiger charge is 2.49. The Morgan fingerprint density at radius 1 is 1.05 bits per heavy atom. The summed E-state index contributed by atoms with van der Waals surface area (Å²) >= 11 is 0. The van der Waals surface area contributed by atoms with Crippen molar-refractivity contribution < 1.29 is 48.7 Å². The molecular weight excluding hydrogens is 536 g/mol. The molecule has 1 heterocycles. The number of ether oxygens (including phenoxy) is 4. The summed E-state index contributed by atoms with van der Waals surface area (Å²) in [6.07, 6.45) is -1.39. The zero-order valence-corrected chi connectivity index (χ0v) is 24.8. The van der Waals surface area contributed by atoms with Crippen LogP contribution in [-0.4, -0.2) is 89.4 Å². The van der Waals surface area contributed by atoms with Crippen LogP contribution in [0.4, 0.5) is 0 Å². The summed E-state index contributed by atoms with van der Waals surface area (Å²) in [5.41, 5.74) is 5.68. The second-order valence-electron chi connectivity index (χ2n) is 9.21. The Labute approximate surface area is 238 Å². The van der Waals surface area contributed by atoms with Gasteiger partial charge in [0.2, 0.25) is 6.29 Å². The minimum atomic E-state index is -1.37. The fraction of sp³-hybridized carbons (Fsp3) is 0.885. The predicted octanol–water partition coefficient (Wildman–Crippen LogP) is 1.68. The van der Waals surface area contributed by atoms with Gasteiger partial charge in [0.05, 0.1) is 0 Å². The smallest absolute Gasteiger partial charge is 0.322 e. The van der Waals surface area contributed by atoms with Crippen LogP contribution in [0.15, 0.2) is 0 Å². The van der Waals surface area contributed by atoms with Crippen LogP contribution < -0.4 is 11.1 Å². The number of nitrogens with two attached hydrogens (primary N) is 1. The molecule has 0 aromatic rings. The topological polar surface area (TPSA) is 187 Å². The first-order chi connectivity index (χ1) is 18.1. The van der Waals surface area contributed by atoms with Crippen molar-refractivity contribution in [1.29, 1.82) is 0 Å². The van der Waals surface area contributed by atoms with Crippen molar-refractivity contribution in [3.8, 4) is 0 Å². The van der Waals surface area contributed by atoms with Crippen LogP contribution in [0.3, 0.4) is 0 Å². The normalized spacial score (nSPS) is 24.7. The molecule has 13 heteroatoms. The molecule has 1 rings (SSSR count). The largest absolute Gasteiger partial charge is 0.462 e. The molecule has 1 saturated heterocycles. The second-order valence-corrected chi connectivity index (χ2v) is 9.21. The number of aldehydes is 1. The van der Waals surface area contributed by atoms with Gasteiger partial charge in [-0.2, -0.15) is 0 Å². The number of esters is 2. The molecule has 3 unspecified atom stereocenters. The lowest BCUT2D eigenvalue weighted by Gasteiger charge is -2.45. The number of unbranched alkanes of at least 4 members (excludes halogenated alkanes) is 1. The van der Waals surface area contributed by atoms with Crippen molar-refractivity contribution in [2.45, 2.75) is 142 Å². The zero-order chi connectivity index (χ0) is 29.1. The van der Waals surface area contributed by atoms with E-state index in [0.717, 1.165) is 12.7 Å². The number of rotatable bonds is 17. The van der Waals surface area contributed by atoms with E-state index in [1.807, 2.05) is 27.7 Å². The van der Waals surface area contributed by atoms with E-state index >= 15 is 0 Å². The number of hydrogen-bond acceptors (Lipinski definition) is 12. The van der Waals surface area contributed by atoms with E-state index in [4.69, 9.17) is 24.7 Å². The Hall–Kier alpha value is -1.38. The number of aliphatic hydroxyl groups excluding tert-OH is 3. The highest BCUT2D eigenvalue weighted by Crippen LogP contribution is 2.27. The fourth-order valence-corrected chi connectivity index (χ4v) is 3.52. The summed E-state index contributed by atoms with van der Waals surface area (Å²) in [6, 6.07) is -1.81. The highest BCUT2D eigenvalue weighted by molar-refractivity contribution is 5.85. The molecule has 232 valence electrons. The minimum absolute atomic E-state index is 0. The first-order valence-corrected chi connectivity index (χ1v) is 13.8. The lowest BCUT2D eigenvalue weighted by Crippen LogP contribution is -2.67. The lowest BCUT2D eigenvalue weighted by atomic mass is 9.96. The quantitative estimate of drug-likeness (QED) is 0.0944. The van der Waals surface area contributed by atoms with E-state index in [2.05, 4.69) is 5.32 Å². The molecule has 39 heavy (non-hydrogen) atoms. The summed E-state index contributed by atoms with van der Waals surface area (Å²) in [5.74, 6) is -1.19. The SMILES string of the molecule is CCCC(=O)OC1O[C@H](COC(=O)[C@@H](N)CC)[C@@H](O)[C@H](OC(O)CCC)[C@H]1NC(O)CCC.CCCC=O.Cl. The van der Waals surface area contributed by atoms with Gasteiger partial charge in [-0.3, -0.25) is 14.9 Å². The molecule has 0 spiro atoms. The maximum absolute atomic E-state index is 12.2. The maximum Gasteiger partial charge on any atom is 0.322 e. The fourth-order valence-electron chi connectivity index (χ4n) is 3.52. The van der Waals surface area contributed by atoms with E-state index < -0.39 is 61.1 Å². The van der Waals surface area contributed by atoms with Crippen LogP contribution in [-0.2, 0) is 33.3 Å². The van der Waals surface area contributed by atoms with Gasteiger partial charge >= 0.3 is 11.9 Å². The van der Waals surface area contributed by atoms with Gasteiger partial charge in [0.25, 0.3) is 0 Å². The Morgan fingerprint density at radius 3 is 2.18 bits per heavy atom. The van der Waals surface area contributed by atoms with Gasteiger partial charge in [-0.15, -0.1) is 12.4 Å². The number of hydrogen-bond donors (Lipinski definition) is 5. The standard InChI is InChI=1S/C22H42N2O9.C4H8O.ClH/c1-5-9-15(25)24-18-20(32-16(26)10-6-2)19(28)14(12-30-21(29)13(23)8-4)31-22(18)33-17(27)11-7-3;1-2-3-4-5;/h13-16,18-20,22,24-26,28H,5-12,23H2,1-4H3;4H,2-3H2,1H3;1H/t13-,14+,15?,16?,18+,19+,20+,22?;;/m0../s1. The first-order valence-electron chi connectivity index (χ1n) is 13.8. The van der Waals surface area contributed by atoms with E-state index in [1.165, 1.54) is 0 Å².